The minimum Gasteiger partial charge on any atom is -0.469 e. The first-order valence-corrected chi connectivity index (χ1v) is 11.9. The second-order valence-corrected chi connectivity index (χ2v) is 8.43. The Bertz CT molecular complexity index is 1490. The number of ether oxygens (including phenoxy) is 2. The van der Waals surface area contributed by atoms with Crippen molar-refractivity contribution in [3.05, 3.63) is 112 Å². The van der Waals surface area contributed by atoms with Gasteiger partial charge in [-0.15, -0.1) is 5.10 Å². The van der Waals surface area contributed by atoms with Gasteiger partial charge >= 0.3 is 17.8 Å². The molecule has 1 amide bonds. The standard InChI is InChI=1S/C28H27N5O5/c1-19-31-33(28(36)32(19)23-13-8-20(9-14-23)10-17-25(34)37-2)24-15-11-22(12-16-24)26(29)30-27(35)38-18-21-6-4-3-5-7-21/h3-9,11-16H,10,17-18H2,1-2H3,(H2,29,30,35). The largest absolute Gasteiger partial charge is 0.469 e. The zero-order chi connectivity index (χ0) is 27.1. The van der Waals surface area contributed by atoms with E-state index >= 15 is 0 Å². The van der Waals surface area contributed by atoms with E-state index in [-0.39, 0.29) is 30.5 Å². The molecule has 3 aromatic carbocycles. The van der Waals surface area contributed by atoms with Crippen molar-refractivity contribution < 1.29 is 19.1 Å². The van der Waals surface area contributed by atoms with Crippen LogP contribution in [0.25, 0.3) is 11.4 Å². The highest BCUT2D eigenvalue weighted by Gasteiger charge is 2.15. The van der Waals surface area contributed by atoms with Gasteiger partial charge in [0.15, 0.2) is 0 Å². The number of nitrogens with one attached hydrogen (secondary N) is 2. The van der Waals surface area contributed by atoms with Crippen LogP contribution in [0.2, 0.25) is 0 Å². The van der Waals surface area contributed by atoms with E-state index in [0.717, 1.165) is 11.1 Å². The molecule has 4 aromatic rings. The molecule has 0 aliphatic heterocycles. The Morgan fingerprint density at radius 2 is 1.58 bits per heavy atom. The van der Waals surface area contributed by atoms with Gasteiger partial charge < -0.3 is 9.47 Å². The first-order valence-electron chi connectivity index (χ1n) is 11.9. The van der Waals surface area contributed by atoms with Gasteiger partial charge in [-0.3, -0.25) is 15.5 Å². The van der Waals surface area contributed by atoms with Crippen molar-refractivity contribution in [1.29, 1.82) is 5.41 Å². The Balaban J connectivity index is 1.42. The highest BCUT2D eigenvalue weighted by atomic mass is 16.5. The number of hydrogen-bond acceptors (Lipinski definition) is 7. The smallest absolute Gasteiger partial charge is 0.413 e. The summed E-state index contributed by atoms with van der Waals surface area (Å²) in [7, 11) is 1.36. The quantitative estimate of drug-likeness (QED) is 0.210. The van der Waals surface area contributed by atoms with Crippen LogP contribution in [0.3, 0.4) is 0 Å². The molecule has 1 heterocycles. The third-order valence-corrected chi connectivity index (χ3v) is 5.82. The number of amidine groups is 1. The van der Waals surface area contributed by atoms with Crippen molar-refractivity contribution in [1.82, 2.24) is 19.7 Å². The van der Waals surface area contributed by atoms with Gasteiger partial charge in [0, 0.05) is 12.0 Å². The number of hydrogen-bond donors (Lipinski definition) is 2. The molecule has 10 heteroatoms. The maximum absolute atomic E-state index is 13.2. The average molecular weight is 514 g/mol. The molecule has 38 heavy (non-hydrogen) atoms. The lowest BCUT2D eigenvalue weighted by molar-refractivity contribution is -0.140. The fourth-order valence-electron chi connectivity index (χ4n) is 3.79. The molecule has 10 nitrogen and oxygen atoms in total. The third kappa shape index (κ3) is 6.22. The van der Waals surface area contributed by atoms with Crippen LogP contribution in [0.4, 0.5) is 4.79 Å². The number of aromatic nitrogens is 3. The van der Waals surface area contributed by atoms with Crippen LogP contribution in [-0.2, 0) is 27.3 Å². The summed E-state index contributed by atoms with van der Waals surface area (Å²) < 4.78 is 12.6. The Hall–Kier alpha value is -4.99. The lowest BCUT2D eigenvalue weighted by atomic mass is 10.1. The van der Waals surface area contributed by atoms with Gasteiger partial charge in [-0.25, -0.2) is 14.2 Å². The van der Waals surface area contributed by atoms with Gasteiger partial charge in [0.25, 0.3) is 0 Å². The van der Waals surface area contributed by atoms with E-state index in [9.17, 15) is 14.4 Å². The normalized spacial score (nSPS) is 10.6. The molecule has 0 atom stereocenters. The second kappa shape index (κ2) is 11.8. The number of benzene rings is 3. The summed E-state index contributed by atoms with van der Waals surface area (Å²) in [6.45, 7) is 1.83. The zero-order valence-corrected chi connectivity index (χ0v) is 21.0. The lowest BCUT2D eigenvalue weighted by Gasteiger charge is -2.09. The molecule has 1 aromatic heterocycles. The number of methoxy groups -OCH3 is 1. The Morgan fingerprint density at radius 1 is 0.921 bits per heavy atom. The summed E-state index contributed by atoms with van der Waals surface area (Å²) in [5.41, 5.74) is 3.04. The van der Waals surface area contributed by atoms with E-state index in [0.29, 0.717) is 29.2 Å². The second-order valence-electron chi connectivity index (χ2n) is 8.43. The predicted octanol–water partition coefficient (Wildman–Crippen LogP) is 3.69. The van der Waals surface area contributed by atoms with E-state index < -0.39 is 6.09 Å². The van der Waals surface area contributed by atoms with Crippen molar-refractivity contribution in [3.63, 3.8) is 0 Å². The molecule has 0 fully saturated rings. The van der Waals surface area contributed by atoms with Gasteiger partial charge in [0.05, 0.1) is 18.5 Å². The SMILES string of the molecule is COC(=O)CCc1ccc(-n2c(C)nn(-c3ccc(C(=N)NC(=O)OCc4ccccc4)cc3)c2=O)cc1. The number of rotatable bonds is 8. The molecule has 0 spiro atoms. The number of nitrogens with zero attached hydrogens (tertiary/aromatic N) is 3. The molecular formula is C28H27N5O5. The Kier molecular flexibility index (Phi) is 8.12. The van der Waals surface area contributed by atoms with E-state index in [1.165, 1.54) is 16.4 Å². The predicted molar refractivity (Wildman–Crippen MR) is 141 cm³/mol. The third-order valence-electron chi connectivity index (χ3n) is 5.82. The first kappa shape index (κ1) is 26.1. The average Bonchev–Trinajstić information content (AvgIpc) is 3.24. The summed E-state index contributed by atoms with van der Waals surface area (Å²) in [5, 5.41) is 15.0. The molecular weight excluding hydrogens is 486 g/mol. The topological polar surface area (TPSA) is 128 Å². The summed E-state index contributed by atoms with van der Waals surface area (Å²) in [6.07, 6.45) is 0.0934. The maximum atomic E-state index is 13.2. The van der Waals surface area contributed by atoms with Crippen LogP contribution in [-0.4, -0.2) is 39.4 Å². The minimum absolute atomic E-state index is 0.0973. The molecule has 0 saturated carbocycles. The van der Waals surface area contributed by atoms with Gasteiger partial charge in [-0.2, -0.15) is 4.68 Å². The molecule has 194 valence electrons. The van der Waals surface area contributed by atoms with E-state index in [1.54, 1.807) is 43.3 Å². The maximum Gasteiger partial charge on any atom is 0.413 e. The Morgan fingerprint density at radius 3 is 2.24 bits per heavy atom. The fraction of sp³-hybridized carbons (Fsp3) is 0.179. The Labute approximate surface area is 219 Å². The highest BCUT2D eigenvalue weighted by Crippen LogP contribution is 2.14. The van der Waals surface area contributed by atoms with E-state index in [2.05, 4.69) is 15.2 Å². The molecule has 0 bridgehead atoms. The van der Waals surface area contributed by atoms with Crippen molar-refractivity contribution in [2.24, 2.45) is 0 Å². The van der Waals surface area contributed by atoms with Crippen LogP contribution < -0.4 is 11.0 Å². The lowest BCUT2D eigenvalue weighted by Crippen LogP contribution is -2.31. The van der Waals surface area contributed by atoms with Gasteiger partial charge in [-0.05, 0) is 60.9 Å². The van der Waals surface area contributed by atoms with Crippen LogP contribution in [0.5, 0.6) is 0 Å². The number of aryl methyl sites for hydroxylation is 2. The number of alkyl carbamates (subject to hydrolysis) is 1. The van der Waals surface area contributed by atoms with E-state index in [1.807, 2.05) is 42.5 Å². The minimum atomic E-state index is -0.732. The van der Waals surface area contributed by atoms with Crippen molar-refractivity contribution in [3.8, 4) is 11.4 Å². The summed E-state index contributed by atoms with van der Waals surface area (Å²) in [6, 6.07) is 23.1. The van der Waals surface area contributed by atoms with Crippen LogP contribution in [0, 0.1) is 12.3 Å². The number of amides is 1. The van der Waals surface area contributed by atoms with Crippen LogP contribution in [0.1, 0.15) is 28.9 Å². The molecule has 4 rings (SSSR count). The molecule has 0 unspecified atom stereocenters. The molecule has 2 N–H and O–H groups in total. The number of carbonyl (C=O) groups is 2. The van der Waals surface area contributed by atoms with Gasteiger partial charge in [0.1, 0.15) is 18.3 Å². The van der Waals surface area contributed by atoms with Crippen molar-refractivity contribution in [2.45, 2.75) is 26.4 Å². The van der Waals surface area contributed by atoms with Crippen LogP contribution >= 0.6 is 0 Å². The molecule has 0 aliphatic carbocycles. The monoisotopic (exact) mass is 513 g/mol. The number of carbonyl (C=O) groups excluding carboxylic acids is 2. The van der Waals surface area contributed by atoms with Crippen molar-refractivity contribution in [2.75, 3.05) is 7.11 Å². The first-order chi connectivity index (χ1) is 18.4. The molecule has 0 aliphatic rings. The van der Waals surface area contributed by atoms with Crippen molar-refractivity contribution >= 4 is 17.9 Å². The molecule has 0 saturated heterocycles. The van der Waals surface area contributed by atoms with Gasteiger partial charge in [0.2, 0.25) is 0 Å². The summed E-state index contributed by atoms with van der Waals surface area (Å²) in [5.74, 6) is 0.0928. The van der Waals surface area contributed by atoms with Gasteiger partial charge in [-0.1, -0.05) is 42.5 Å². The fourth-order valence-corrected chi connectivity index (χ4v) is 3.79. The summed E-state index contributed by atoms with van der Waals surface area (Å²) in [4.78, 5) is 36.6. The number of esters is 1. The molecule has 0 radical (unpaired) electrons. The summed E-state index contributed by atoms with van der Waals surface area (Å²) >= 11 is 0. The van der Waals surface area contributed by atoms with E-state index in [4.69, 9.17) is 10.1 Å². The zero-order valence-electron chi connectivity index (χ0n) is 21.0. The highest BCUT2D eigenvalue weighted by molar-refractivity contribution is 6.04. The van der Waals surface area contributed by atoms with Crippen LogP contribution in [0.15, 0.2) is 83.7 Å².